The Labute approximate surface area is 152 Å². The first-order chi connectivity index (χ1) is 12.5. The molecule has 1 fully saturated rings. The number of hydrogen-bond acceptors (Lipinski definition) is 3. The molecule has 1 heterocycles. The predicted octanol–water partition coefficient (Wildman–Crippen LogP) is 2.90. The Hall–Kier alpha value is -3.15. The zero-order valence-corrected chi connectivity index (χ0v) is 14.8. The van der Waals surface area contributed by atoms with Crippen molar-refractivity contribution in [3.63, 3.8) is 0 Å². The molecule has 2 aromatic carbocycles. The van der Waals surface area contributed by atoms with E-state index in [1.54, 1.807) is 24.0 Å². The van der Waals surface area contributed by atoms with Gasteiger partial charge in [0.2, 0.25) is 5.91 Å². The molecule has 6 nitrogen and oxygen atoms in total. The fourth-order valence-corrected chi connectivity index (χ4v) is 3.13. The summed E-state index contributed by atoms with van der Waals surface area (Å²) < 4.78 is 0. The largest absolute Gasteiger partial charge is 0.332 e. The minimum absolute atomic E-state index is 0.270. The van der Waals surface area contributed by atoms with Crippen LogP contribution >= 0.6 is 0 Å². The summed E-state index contributed by atoms with van der Waals surface area (Å²) in [5, 5.41) is 0. The molecule has 4 amide bonds. The molecule has 1 aliphatic rings. The Morgan fingerprint density at radius 1 is 1.00 bits per heavy atom. The van der Waals surface area contributed by atoms with E-state index in [9.17, 15) is 14.4 Å². The third-order valence-electron chi connectivity index (χ3n) is 4.46. The van der Waals surface area contributed by atoms with Gasteiger partial charge in [0.05, 0.1) is 0 Å². The maximum Gasteiger partial charge on any atom is 0.332 e. The minimum atomic E-state index is -0.635. The molecule has 0 radical (unpaired) electrons. The summed E-state index contributed by atoms with van der Waals surface area (Å²) >= 11 is 0. The van der Waals surface area contributed by atoms with Crippen molar-refractivity contribution in [2.45, 2.75) is 19.9 Å². The lowest BCUT2D eigenvalue weighted by Gasteiger charge is -2.23. The second-order valence-electron chi connectivity index (χ2n) is 6.06. The summed E-state index contributed by atoms with van der Waals surface area (Å²) in [6.45, 7) is 3.72. The molecule has 134 valence electrons. The van der Waals surface area contributed by atoms with E-state index in [-0.39, 0.29) is 18.4 Å². The average Bonchev–Trinajstić information content (AvgIpc) is 2.87. The maximum absolute atomic E-state index is 12.8. The first-order valence-electron chi connectivity index (χ1n) is 8.59. The number of imide groups is 1. The number of para-hydroxylation sites is 2. The number of likely N-dealkylation sites (N-methyl/N-ethyl adjacent to an activating group) is 1. The maximum atomic E-state index is 12.8. The highest BCUT2D eigenvalue weighted by atomic mass is 16.2. The number of anilines is 2. The first-order valence-corrected chi connectivity index (χ1v) is 8.59. The average molecular weight is 351 g/mol. The molecular weight excluding hydrogens is 330 g/mol. The van der Waals surface area contributed by atoms with Gasteiger partial charge in [-0.1, -0.05) is 36.4 Å². The van der Waals surface area contributed by atoms with E-state index in [0.717, 1.165) is 10.6 Å². The fraction of sp³-hybridized carbons (Fsp3) is 0.250. The lowest BCUT2D eigenvalue weighted by molar-refractivity contribution is -0.131. The Balaban J connectivity index is 1.80. The molecule has 0 bridgehead atoms. The van der Waals surface area contributed by atoms with Gasteiger partial charge in [-0.3, -0.25) is 19.4 Å². The van der Waals surface area contributed by atoms with Crippen LogP contribution in [-0.4, -0.2) is 41.9 Å². The highest BCUT2D eigenvalue weighted by molar-refractivity contribution is 6.16. The van der Waals surface area contributed by atoms with Gasteiger partial charge in [0, 0.05) is 17.9 Å². The van der Waals surface area contributed by atoms with E-state index < -0.39 is 12.1 Å². The van der Waals surface area contributed by atoms with Gasteiger partial charge in [-0.2, -0.15) is 0 Å². The summed E-state index contributed by atoms with van der Waals surface area (Å²) in [6, 6.07) is 17.1. The standard InChI is InChI=1S/C20H21N3O3/c1-3-21(16-10-6-4-7-11-16)18(24)14-22-19(25)15(2)23(20(22)26)17-12-8-5-9-13-17/h4-13,15H,3,14H2,1-2H3. The van der Waals surface area contributed by atoms with Crippen LogP contribution in [0.25, 0.3) is 0 Å². The van der Waals surface area contributed by atoms with E-state index in [4.69, 9.17) is 0 Å². The third kappa shape index (κ3) is 3.18. The van der Waals surface area contributed by atoms with Crippen molar-refractivity contribution < 1.29 is 14.4 Å². The van der Waals surface area contributed by atoms with Crippen molar-refractivity contribution in [2.24, 2.45) is 0 Å². The number of urea groups is 1. The normalized spacial score (nSPS) is 16.9. The van der Waals surface area contributed by atoms with Crippen LogP contribution in [0.15, 0.2) is 60.7 Å². The molecule has 1 aliphatic heterocycles. The summed E-state index contributed by atoms with van der Waals surface area (Å²) in [6.07, 6.45) is 0. The van der Waals surface area contributed by atoms with Gasteiger partial charge in [0.25, 0.3) is 5.91 Å². The second-order valence-corrected chi connectivity index (χ2v) is 6.06. The number of benzene rings is 2. The molecule has 6 heteroatoms. The summed E-state index contributed by atoms with van der Waals surface area (Å²) in [4.78, 5) is 42.1. The van der Waals surface area contributed by atoms with Crippen LogP contribution < -0.4 is 9.80 Å². The SMILES string of the molecule is CCN(C(=O)CN1C(=O)C(C)N(c2ccccc2)C1=O)c1ccccc1. The van der Waals surface area contributed by atoms with Crippen molar-refractivity contribution >= 4 is 29.2 Å². The van der Waals surface area contributed by atoms with Crippen LogP contribution in [-0.2, 0) is 9.59 Å². The topological polar surface area (TPSA) is 60.9 Å². The zero-order valence-electron chi connectivity index (χ0n) is 14.8. The van der Waals surface area contributed by atoms with Crippen LogP contribution in [0, 0.1) is 0 Å². The number of hydrogen-bond donors (Lipinski definition) is 0. The van der Waals surface area contributed by atoms with Gasteiger partial charge in [-0.05, 0) is 38.1 Å². The van der Waals surface area contributed by atoms with Gasteiger partial charge in [0.1, 0.15) is 12.6 Å². The van der Waals surface area contributed by atoms with Crippen molar-refractivity contribution in [3.8, 4) is 0 Å². The van der Waals surface area contributed by atoms with Crippen LogP contribution in [0.4, 0.5) is 16.2 Å². The van der Waals surface area contributed by atoms with Crippen molar-refractivity contribution in [2.75, 3.05) is 22.9 Å². The van der Waals surface area contributed by atoms with Crippen molar-refractivity contribution in [1.29, 1.82) is 0 Å². The predicted molar refractivity (Wildman–Crippen MR) is 100.0 cm³/mol. The second kappa shape index (κ2) is 7.39. The lowest BCUT2D eigenvalue weighted by atomic mass is 10.2. The van der Waals surface area contributed by atoms with Gasteiger partial charge in [0.15, 0.2) is 0 Å². The number of carbonyl (C=O) groups excluding carboxylic acids is 3. The molecule has 0 N–H and O–H groups in total. The number of nitrogens with zero attached hydrogens (tertiary/aromatic N) is 3. The Morgan fingerprint density at radius 2 is 1.58 bits per heavy atom. The van der Waals surface area contributed by atoms with Gasteiger partial charge in [-0.25, -0.2) is 4.79 Å². The Bertz CT molecular complexity index is 808. The zero-order chi connectivity index (χ0) is 18.7. The number of rotatable bonds is 5. The quantitative estimate of drug-likeness (QED) is 0.778. The summed E-state index contributed by atoms with van der Waals surface area (Å²) in [5.41, 5.74) is 1.38. The Kier molecular flexibility index (Phi) is 5.02. The number of amides is 4. The fourth-order valence-electron chi connectivity index (χ4n) is 3.13. The van der Waals surface area contributed by atoms with E-state index in [2.05, 4.69) is 0 Å². The number of carbonyl (C=O) groups is 3. The van der Waals surface area contributed by atoms with Crippen LogP contribution in [0.2, 0.25) is 0 Å². The van der Waals surface area contributed by atoms with Gasteiger partial charge < -0.3 is 4.90 Å². The molecule has 0 aliphatic carbocycles. The Morgan fingerprint density at radius 3 is 2.15 bits per heavy atom. The monoisotopic (exact) mass is 351 g/mol. The van der Waals surface area contributed by atoms with Gasteiger partial charge in [-0.15, -0.1) is 0 Å². The third-order valence-corrected chi connectivity index (χ3v) is 4.46. The minimum Gasteiger partial charge on any atom is -0.311 e. The summed E-state index contributed by atoms with van der Waals surface area (Å²) in [7, 11) is 0. The summed E-state index contributed by atoms with van der Waals surface area (Å²) in [5.74, 6) is -0.654. The molecule has 0 saturated carbocycles. The smallest absolute Gasteiger partial charge is 0.311 e. The van der Waals surface area contributed by atoms with Crippen molar-refractivity contribution in [1.82, 2.24) is 4.90 Å². The molecule has 0 aromatic heterocycles. The van der Waals surface area contributed by atoms with Crippen LogP contribution in [0.5, 0.6) is 0 Å². The molecule has 1 atom stereocenters. The molecule has 26 heavy (non-hydrogen) atoms. The van der Waals surface area contributed by atoms with E-state index in [1.807, 2.05) is 55.5 Å². The highest BCUT2D eigenvalue weighted by Gasteiger charge is 2.44. The highest BCUT2D eigenvalue weighted by Crippen LogP contribution is 2.25. The molecule has 2 aromatic rings. The molecular formula is C20H21N3O3. The van der Waals surface area contributed by atoms with Crippen LogP contribution in [0.1, 0.15) is 13.8 Å². The molecule has 1 unspecified atom stereocenters. The molecule has 0 spiro atoms. The van der Waals surface area contributed by atoms with Crippen molar-refractivity contribution in [3.05, 3.63) is 60.7 Å². The lowest BCUT2D eigenvalue weighted by Crippen LogP contribution is -2.43. The first kappa shape index (κ1) is 17.7. The molecule has 3 rings (SSSR count). The van der Waals surface area contributed by atoms with E-state index in [0.29, 0.717) is 12.2 Å². The van der Waals surface area contributed by atoms with Gasteiger partial charge >= 0.3 is 6.03 Å². The van der Waals surface area contributed by atoms with E-state index in [1.165, 1.54) is 4.90 Å². The molecule has 1 saturated heterocycles. The van der Waals surface area contributed by atoms with Crippen LogP contribution in [0.3, 0.4) is 0 Å². The van der Waals surface area contributed by atoms with E-state index >= 15 is 0 Å².